The van der Waals surface area contributed by atoms with Crippen molar-refractivity contribution in [1.82, 2.24) is 4.57 Å². The predicted octanol–water partition coefficient (Wildman–Crippen LogP) is 5.03. The maximum absolute atomic E-state index is 12.7. The van der Waals surface area contributed by atoms with Crippen molar-refractivity contribution < 1.29 is 4.79 Å². The van der Waals surface area contributed by atoms with Gasteiger partial charge in [-0.2, -0.15) is 0 Å². The SMILES string of the molecule is Cc1cccc(C(CC(=O)Nc2cccc(C)c2C)n2cccc2)c1. The molecule has 1 atom stereocenters. The number of aromatic nitrogens is 1. The smallest absolute Gasteiger partial charge is 0.226 e. The minimum Gasteiger partial charge on any atom is -0.346 e. The minimum absolute atomic E-state index is 0.0139. The van der Waals surface area contributed by atoms with Crippen LogP contribution in [-0.2, 0) is 4.79 Å². The molecule has 0 aliphatic heterocycles. The number of hydrogen-bond acceptors (Lipinski definition) is 1. The van der Waals surface area contributed by atoms with E-state index in [9.17, 15) is 4.79 Å². The molecule has 3 aromatic rings. The second kappa shape index (κ2) is 7.39. The number of nitrogens with one attached hydrogen (secondary N) is 1. The Kier molecular flexibility index (Phi) is 5.03. The molecule has 3 heteroatoms. The Morgan fingerprint density at radius 3 is 2.44 bits per heavy atom. The number of benzene rings is 2. The Hall–Kier alpha value is -2.81. The van der Waals surface area contributed by atoms with Crippen LogP contribution in [-0.4, -0.2) is 10.5 Å². The molecule has 0 radical (unpaired) electrons. The fourth-order valence-electron chi connectivity index (χ4n) is 3.09. The molecule has 1 aromatic heterocycles. The van der Waals surface area contributed by atoms with Crippen LogP contribution >= 0.6 is 0 Å². The van der Waals surface area contributed by atoms with Gasteiger partial charge >= 0.3 is 0 Å². The zero-order valence-electron chi connectivity index (χ0n) is 15.0. The first-order valence-electron chi connectivity index (χ1n) is 8.59. The number of carbonyl (C=O) groups excluding carboxylic acids is 1. The average molecular weight is 332 g/mol. The van der Waals surface area contributed by atoms with Gasteiger partial charge in [0.05, 0.1) is 12.5 Å². The van der Waals surface area contributed by atoms with Gasteiger partial charge in [-0.15, -0.1) is 0 Å². The summed E-state index contributed by atoms with van der Waals surface area (Å²) in [4.78, 5) is 12.7. The first kappa shape index (κ1) is 17.0. The Balaban J connectivity index is 1.83. The highest BCUT2D eigenvalue weighted by Gasteiger charge is 2.18. The van der Waals surface area contributed by atoms with Crippen molar-refractivity contribution in [2.75, 3.05) is 5.32 Å². The summed E-state index contributed by atoms with van der Waals surface area (Å²) in [7, 11) is 0. The highest BCUT2D eigenvalue weighted by molar-refractivity contribution is 5.92. The summed E-state index contributed by atoms with van der Waals surface area (Å²) in [6, 6.07) is 18.3. The van der Waals surface area contributed by atoms with Crippen LogP contribution < -0.4 is 5.32 Å². The zero-order valence-corrected chi connectivity index (χ0v) is 15.0. The van der Waals surface area contributed by atoms with Crippen LogP contribution in [0.5, 0.6) is 0 Å². The molecule has 0 aliphatic rings. The van der Waals surface area contributed by atoms with Gasteiger partial charge in [-0.05, 0) is 55.7 Å². The van der Waals surface area contributed by atoms with E-state index in [4.69, 9.17) is 0 Å². The van der Waals surface area contributed by atoms with Crippen LogP contribution in [0.4, 0.5) is 5.69 Å². The lowest BCUT2D eigenvalue weighted by molar-refractivity contribution is -0.116. The van der Waals surface area contributed by atoms with Crippen LogP contribution in [0.2, 0.25) is 0 Å². The normalized spacial score (nSPS) is 12.0. The van der Waals surface area contributed by atoms with Gasteiger partial charge in [0.1, 0.15) is 0 Å². The number of rotatable bonds is 5. The number of aryl methyl sites for hydroxylation is 2. The van der Waals surface area contributed by atoms with Crippen molar-refractivity contribution in [2.24, 2.45) is 0 Å². The van der Waals surface area contributed by atoms with E-state index in [1.807, 2.05) is 49.6 Å². The quantitative estimate of drug-likeness (QED) is 0.698. The molecule has 2 aromatic carbocycles. The van der Waals surface area contributed by atoms with Gasteiger partial charge in [-0.1, -0.05) is 42.0 Å². The third-order valence-corrected chi connectivity index (χ3v) is 4.67. The Morgan fingerprint density at radius 2 is 1.72 bits per heavy atom. The first-order chi connectivity index (χ1) is 12.0. The lowest BCUT2D eigenvalue weighted by atomic mass is 10.0. The highest BCUT2D eigenvalue weighted by atomic mass is 16.1. The lowest BCUT2D eigenvalue weighted by Gasteiger charge is -2.20. The minimum atomic E-state index is -0.0139. The van der Waals surface area contributed by atoms with Crippen molar-refractivity contribution >= 4 is 11.6 Å². The maximum atomic E-state index is 12.7. The number of amides is 1. The van der Waals surface area contributed by atoms with Crippen molar-refractivity contribution in [2.45, 2.75) is 33.2 Å². The number of carbonyl (C=O) groups is 1. The van der Waals surface area contributed by atoms with E-state index in [1.165, 1.54) is 11.1 Å². The molecule has 25 heavy (non-hydrogen) atoms. The lowest BCUT2D eigenvalue weighted by Crippen LogP contribution is -2.20. The number of anilines is 1. The van der Waals surface area contributed by atoms with Crippen molar-refractivity contribution in [3.63, 3.8) is 0 Å². The molecular formula is C22H24N2O. The Morgan fingerprint density at radius 1 is 1.00 bits per heavy atom. The second-order valence-corrected chi connectivity index (χ2v) is 6.56. The van der Waals surface area contributed by atoms with E-state index in [0.29, 0.717) is 6.42 Å². The molecule has 3 nitrogen and oxygen atoms in total. The molecule has 0 bridgehead atoms. The average Bonchev–Trinajstić information content (AvgIpc) is 3.11. The van der Waals surface area contributed by atoms with E-state index in [0.717, 1.165) is 16.8 Å². The summed E-state index contributed by atoms with van der Waals surface area (Å²) in [5, 5.41) is 3.08. The van der Waals surface area contributed by atoms with Crippen molar-refractivity contribution in [1.29, 1.82) is 0 Å². The summed E-state index contributed by atoms with van der Waals surface area (Å²) in [5.74, 6) is 0.0221. The third kappa shape index (κ3) is 4.00. The van der Waals surface area contributed by atoms with E-state index in [-0.39, 0.29) is 11.9 Å². The summed E-state index contributed by atoms with van der Waals surface area (Å²) >= 11 is 0. The maximum Gasteiger partial charge on any atom is 0.226 e. The van der Waals surface area contributed by atoms with E-state index >= 15 is 0 Å². The molecule has 0 aliphatic carbocycles. The molecule has 0 spiro atoms. The molecule has 0 fully saturated rings. The van der Waals surface area contributed by atoms with E-state index in [2.05, 4.69) is 48.0 Å². The van der Waals surface area contributed by atoms with Crippen molar-refractivity contribution in [3.05, 3.63) is 89.2 Å². The molecule has 1 N–H and O–H groups in total. The molecule has 128 valence electrons. The van der Waals surface area contributed by atoms with Crippen LogP contribution in [0.25, 0.3) is 0 Å². The molecule has 3 rings (SSSR count). The molecule has 1 heterocycles. The van der Waals surface area contributed by atoms with E-state index in [1.54, 1.807) is 0 Å². The van der Waals surface area contributed by atoms with Crippen LogP contribution in [0.1, 0.15) is 34.7 Å². The molecule has 1 amide bonds. The fourth-order valence-corrected chi connectivity index (χ4v) is 3.09. The molecule has 1 unspecified atom stereocenters. The van der Waals surface area contributed by atoms with Gasteiger partial charge in [0.25, 0.3) is 0 Å². The number of hydrogen-bond donors (Lipinski definition) is 1. The predicted molar refractivity (Wildman–Crippen MR) is 103 cm³/mol. The summed E-state index contributed by atoms with van der Waals surface area (Å²) < 4.78 is 2.09. The largest absolute Gasteiger partial charge is 0.346 e. The fraction of sp³-hybridized carbons (Fsp3) is 0.227. The van der Waals surface area contributed by atoms with Crippen LogP contribution in [0, 0.1) is 20.8 Å². The Bertz CT molecular complexity index is 865. The van der Waals surface area contributed by atoms with Gasteiger partial charge in [0, 0.05) is 18.1 Å². The molecular weight excluding hydrogens is 308 g/mol. The molecule has 0 saturated carbocycles. The monoisotopic (exact) mass is 332 g/mol. The Labute approximate surface area is 149 Å². The van der Waals surface area contributed by atoms with Gasteiger partial charge in [-0.3, -0.25) is 4.79 Å². The van der Waals surface area contributed by atoms with Crippen molar-refractivity contribution in [3.8, 4) is 0 Å². The van der Waals surface area contributed by atoms with Gasteiger partial charge in [0.15, 0.2) is 0 Å². The molecule has 0 saturated heterocycles. The highest BCUT2D eigenvalue weighted by Crippen LogP contribution is 2.25. The summed E-state index contributed by atoms with van der Waals surface area (Å²) in [6.07, 6.45) is 4.42. The topological polar surface area (TPSA) is 34.0 Å². The van der Waals surface area contributed by atoms with E-state index < -0.39 is 0 Å². The van der Waals surface area contributed by atoms with Gasteiger partial charge < -0.3 is 9.88 Å². The summed E-state index contributed by atoms with van der Waals surface area (Å²) in [5.41, 5.74) is 5.53. The first-order valence-corrected chi connectivity index (χ1v) is 8.59. The van der Waals surface area contributed by atoms with Gasteiger partial charge in [0.2, 0.25) is 5.91 Å². The standard InChI is InChI=1S/C22H24N2O/c1-16-8-6-10-19(14-16)21(24-12-4-5-13-24)15-22(25)23-20-11-7-9-17(2)18(20)3/h4-14,21H,15H2,1-3H3,(H,23,25). The van der Waals surface area contributed by atoms with Crippen LogP contribution in [0.15, 0.2) is 67.0 Å². The van der Waals surface area contributed by atoms with Gasteiger partial charge in [-0.25, -0.2) is 0 Å². The third-order valence-electron chi connectivity index (χ3n) is 4.67. The zero-order chi connectivity index (χ0) is 17.8. The second-order valence-electron chi connectivity index (χ2n) is 6.56. The summed E-state index contributed by atoms with van der Waals surface area (Å²) in [6.45, 7) is 6.17. The van der Waals surface area contributed by atoms with Crippen LogP contribution in [0.3, 0.4) is 0 Å². The number of nitrogens with zero attached hydrogens (tertiary/aromatic N) is 1.